The maximum Gasteiger partial charge on any atom is 0.315 e. The number of anilines is 1. The largest absolute Gasteiger partial charge is 0.465 e. The highest BCUT2D eigenvalue weighted by atomic mass is 32.2. The van der Waals surface area contributed by atoms with E-state index in [1.54, 1.807) is 13.0 Å². The van der Waals surface area contributed by atoms with Crippen LogP contribution in [0.3, 0.4) is 0 Å². The highest BCUT2D eigenvalue weighted by Gasteiger charge is 2.14. The molecule has 1 N–H and O–H groups in total. The average molecular weight is 298 g/mol. The lowest BCUT2D eigenvalue weighted by molar-refractivity contribution is -0.384. The summed E-state index contributed by atoms with van der Waals surface area (Å²) in [6.07, 6.45) is 0. The summed E-state index contributed by atoms with van der Waals surface area (Å²) in [5.41, 5.74) is 1.38. The van der Waals surface area contributed by atoms with Gasteiger partial charge < -0.3 is 10.1 Å². The summed E-state index contributed by atoms with van der Waals surface area (Å²) >= 11 is 1.38. The molecular weight excluding hydrogens is 280 g/mol. The number of carbonyl (C=O) groups is 1. The van der Waals surface area contributed by atoms with Gasteiger partial charge in [-0.2, -0.15) is 0 Å². The molecule has 0 bridgehead atoms. The van der Waals surface area contributed by atoms with E-state index >= 15 is 0 Å². The van der Waals surface area contributed by atoms with Crippen LogP contribution in [0, 0.1) is 10.1 Å². The smallest absolute Gasteiger partial charge is 0.315 e. The quantitative estimate of drug-likeness (QED) is 0.451. The lowest BCUT2D eigenvalue weighted by Crippen LogP contribution is -2.06. The Morgan fingerprint density at radius 2 is 2.20 bits per heavy atom. The topological polar surface area (TPSA) is 81.5 Å². The summed E-state index contributed by atoms with van der Waals surface area (Å²) < 4.78 is 4.81. The van der Waals surface area contributed by atoms with E-state index in [0.29, 0.717) is 24.6 Å². The van der Waals surface area contributed by atoms with Crippen molar-refractivity contribution in [2.75, 3.05) is 24.2 Å². The molecule has 0 aliphatic heterocycles. The molecule has 0 saturated heterocycles. The van der Waals surface area contributed by atoms with Crippen LogP contribution in [0.5, 0.6) is 0 Å². The van der Waals surface area contributed by atoms with E-state index in [9.17, 15) is 14.9 Å². The molecular formula is C13H18N2O4S. The number of nitro groups is 1. The van der Waals surface area contributed by atoms with Gasteiger partial charge in [-0.3, -0.25) is 14.9 Å². The van der Waals surface area contributed by atoms with Crippen molar-refractivity contribution in [1.29, 1.82) is 0 Å². The van der Waals surface area contributed by atoms with Crippen LogP contribution in [0.25, 0.3) is 0 Å². The van der Waals surface area contributed by atoms with E-state index < -0.39 is 4.92 Å². The summed E-state index contributed by atoms with van der Waals surface area (Å²) in [5.74, 6) is 0.513. The zero-order valence-corrected chi connectivity index (χ0v) is 12.4. The third-order valence-corrected chi connectivity index (χ3v) is 3.40. The summed E-state index contributed by atoms with van der Waals surface area (Å²) in [4.78, 5) is 21.8. The predicted molar refractivity (Wildman–Crippen MR) is 80.1 cm³/mol. The Hall–Kier alpha value is -1.76. The lowest BCUT2D eigenvalue weighted by atomic mass is 10.2. The standard InChI is InChI=1S/C13H18N2O4S/c1-3-14-11-6-5-10(7-12(11)15(17)18)8-20-9-13(16)19-4-2/h5-7,14H,3-4,8-9H2,1-2H3. The van der Waals surface area contributed by atoms with E-state index in [4.69, 9.17) is 4.74 Å². The number of rotatable bonds is 8. The van der Waals surface area contributed by atoms with Gasteiger partial charge in [-0.25, -0.2) is 0 Å². The first-order valence-corrected chi connectivity index (χ1v) is 7.48. The Morgan fingerprint density at radius 1 is 1.45 bits per heavy atom. The molecule has 1 aromatic rings. The first-order chi connectivity index (χ1) is 9.58. The van der Waals surface area contributed by atoms with E-state index in [1.807, 2.05) is 13.0 Å². The normalized spacial score (nSPS) is 10.1. The van der Waals surface area contributed by atoms with Crippen LogP contribution in [-0.4, -0.2) is 29.8 Å². The highest BCUT2D eigenvalue weighted by molar-refractivity contribution is 7.99. The van der Waals surface area contributed by atoms with Gasteiger partial charge in [0.1, 0.15) is 5.69 Å². The molecule has 0 amide bonds. The predicted octanol–water partition coefficient (Wildman–Crippen LogP) is 2.82. The SMILES string of the molecule is CCNc1ccc(CSCC(=O)OCC)cc1[N+](=O)[O-]. The monoisotopic (exact) mass is 298 g/mol. The Bertz CT molecular complexity index is 479. The maximum atomic E-state index is 11.2. The van der Waals surface area contributed by atoms with Gasteiger partial charge in [-0.05, 0) is 25.5 Å². The second-order valence-electron chi connectivity index (χ2n) is 3.94. The number of nitrogens with zero attached hydrogens (tertiary/aromatic N) is 1. The van der Waals surface area contributed by atoms with Crippen LogP contribution < -0.4 is 5.32 Å². The van der Waals surface area contributed by atoms with Crippen LogP contribution in [0.2, 0.25) is 0 Å². The van der Waals surface area contributed by atoms with E-state index in [0.717, 1.165) is 5.56 Å². The van der Waals surface area contributed by atoms with E-state index in [1.165, 1.54) is 17.8 Å². The second-order valence-corrected chi connectivity index (χ2v) is 4.92. The Labute approximate surface area is 122 Å². The molecule has 0 aliphatic carbocycles. The lowest BCUT2D eigenvalue weighted by Gasteiger charge is -2.07. The Balaban J connectivity index is 2.65. The Morgan fingerprint density at radius 3 is 2.80 bits per heavy atom. The van der Waals surface area contributed by atoms with Gasteiger partial charge in [0.05, 0.1) is 17.3 Å². The molecule has 0 fully saturated rings. The van der Waals surface area contributed by atoms with Crippen molar-refractivity contribution < 1.29 is 14.5 Å². The number of thioether (sulfide) groups is 1. The van der Waals surface area contributed by atoms with Gasteiger partial charge in [-0.1, -0.05) is 6.07 Å². The molecule has 1 aromatic carbocycles. The maximum absolute atomic E-state index is 11.2. The van der Waals surface area contributed by atoms with Crippen molar-refractivity contribution in [3.63, 3.8) is 0 Å². The van der Waals surface area contributed by atoms with Gasteiger partial charge in [-0.15, -0.1) is 11.8 Å². The molecule has 7 heteroatoms. The summed E-state index contributed by atoms with van der Waals surface area (Å²) in [6.45, 7) is 4.62. The van der Waals surface area contributed by atoms with Crippen molar-refractivity contribution in [3.8, 4) is 0 Å². The minimum atomic E-state index is -0.405. The fourth-order valence-electron chi connectivity index (χ4n) is 1.61. The summed E-state index contributed by atoms with van der Waals surface area (Å²) in [6, 6.07) is 5.06. The molecule has 0 atom stereocenters. The van der Waals surface area contributed by atoms with Crippen molar-refractivity contribution in [1.82, 2.24) is 0 Å². The Kier molecular flexibility index (Phi) is 6.86. The van der Waals surface area contributed by atoms with Crippen LogP contribution in [-0.2, 0) is 15.3 Å². The third-order valence-electron chi connectivity index (χ3n) is 2.42. The molecule has 0 spiro atoms. The molecule has 0 heterocycles. The number of ether oxygens (including phenoxy) is 1. The summed E-state index contributed by atoms with van der Waals surface area (Å²) in [7, 11) is 0. The van der Waals surface area contributed by atoms with Gasteiger partial charge in [0.15, 0.2) is 0 Å². The van der Waals surface area contributed by atoms with Crippen LogP contribution in [0.4, 0.5) is 11.4 Å². The fraction of sp³-hybridized carbons (Fsp3) is 0.462. The molecule has 0 unspecified atom stereocenters. The second kappa shape index (κ2) is 8.42. The van der Waals surface area contributed by atoms with Crippen LogP contribution >= 0.6 is 11.8 Å². The number of nitro benzene ring substituents is 1. The molecule has 0 saturated carbocycles. The number of nitrogens with one attached hydrogen (secondary N) is 1. The van der Waals surface area contributed by atoms with E-state index in [2.05, 4.69) is 5.32 Å². The summed E-state index contributed by atoms with van der Waals surface area (Å²) in [5, 5.41) is 14.0. The molecule has 0 aromatic heterocycles. The van der Waals surface area contributed by atoms with Gasteiger partial charge in [0, 0.05) is 18.4 Å². The number of benzene rings is 1. The first kappa shape index (κ1) is 16.3. The van der Waals surface area contributed by atoms with Crippen molar-refractivity contribution >= 4 is 29.1 Å². The molecule has 0 aliphatic rings. The fourth-order valence-corrected chi connectivity index (χ4v) is 2.38. The van der Waals surface area contributed by atoms with Crippen molar-refractivity contribution in [2.45, 2.75) is 19.6 Å². The number of hydrogen-bond donors (Lipinski definition) is 1. The highest BCUT2D eigenvalue weighted by Crippen LogP contribution is 2.27. The zero-order chi connectivity index (χ0) is 15.0. The van der Waals surface area contributed by atoms with Crippen molar-refractivity contribution in [2.24, 2.45) is 0 Å². The molecule has 0 radical (unpaired) electrons. The number of carbonyl (C=O) groups excluding carboxylic acids is 1. The van der Waals surface area contributed by atoms with Crippen LogP contribution in [0.15, 0.2) is 18.2 Å². The number of hydrogen-bond acceptors (Lipinski definition) is 6. The molecule has 20 heavy (non-hydrogen) atoms. The van der Waals surface area contributed by atoms with Crippen molar-refractivity contribution in [3.05, 3.63) is 33.9 Å². The van der Waals surface area contributed by atoms with Gasteiger partial charge in [0.25, 0.3) is 5.69 Å². The minimum absolute atomic E-state index is 0.0566. The average Bonchev–Trinajstić information content (AvgIpc) is 2.40. The first-order valence-electron chi connectivity index (χ1n) is 6.33. The van der Waals surface area contributed by atoms with E-state index in [-0.39, 0.29) is 17.4 Å². The number of esters is 1. The molecule has 1 rings (SSSR count). The molecule has 110 valence electrons. The van der Waals surface area contributed by atoms with Crippen LogP contribution in [0.1, 0.15) is 19.4 Å². The van der Waals surface area contributed by atoms with Gasteiger partial charge >= 0.3 is 5.97 Å². The van der Waals surface area contributed by atoms with Gasteiger partial charge in [0.2, 0.25) is 0 Å². The third kappa shape index (κ3) is 5.08. The minimum Gasteiger partial charge on any atom is -0.465 e. The zero-order valence-electron chi connectivity index (χ0n) is 11.5. The molecule has 6 nitrogen and oxygen atoms in total.